The third kappa shape index (κ3) is 2.06. The molecule has 5 nitrogen and oxygen atoms in total. The number of para-hydroxylation sites is 1. The van der Waals surface area contributed by atoms with E-state index in [1.165, 1.54) is 0 Å². The van der Waals surface area contributed by atoms with Crippen LogP contribution in [-0.4, -0.2) is 27.7 Å². The van der Waals surface area contributed by atoms with Crippen molar-refractivity contribution in [1.29, 1.82) is 0 Å². The van der Waals surface area contributed by atoms with Crippen LogP contribution in [0.3, 0.4) is 0 Å². The Morgan fingerprint density at radius 1 is 0.895 bits per heavy atom. The molecule has 0 aliphatic rings. The first kappa shape index (κ1) is 11.4. The molecule has 0 atom stereocenters. The van der Waals surface area contributed by atoms with Gasteiger partial charge in [-0.15, -0.1) is 10.2 Å². The highest BCUT2D eigenvalue weighted by Crippen LogP contribution is 2.35. The molecular formula is C14H12N4O. The topological polar surface area (TPSA) is 63.7 Å². The largest absolute Gasteiger partial charge is 0.496 e. The van der Waals surface area contributed by atoms with Crippen molar-refractivity contribution in [2.75, 3.05) is 7.11 Å². The molecule has 94 valence electrons. The lowest BCUT2D eigenvalue weighted by atomic mass is 9.98. The number of benzene rings is 2. The second-order valence-corrected chi connectivity index (χ2v) is 3.98. The molecule has 5 heteroatoms. The van der Waals surface area contributed by atoms with Crippen LogP contribution in [0.15, 0.2) is 48.5 Å². The van der Waals surface area contributed by atoms with Gasteiger partial charge in [0.05, 0.1) is 7.11 Å². The molecule has 0 spiro atoms. The van der Waals surface area contributed by atoms with Crippen LogP contribution in [0.4, 0.5) is 0 Å². The number of ether oxygens (including phenoxy) is 1. The van der Waals surface area contributed by atoms with Crippen LogP contribution in [0.2, 0.25) is 0 Å². The molecule has 3 aromatic rings. The highest BCUT2D eigenvalue weighted by Gasteiger charge is 2.13. The van der Waals surface area contributed by atoms with E-state index in [9.17, 15) is 0 Å². The van der Waals surface area contributed by atoms with Gasteiger partial charge in [-0.2, -0.15) is 5.21 Å². The van der Waals surface area contributed by atoms with E-state index in [1.807, 2.05) is 48.5 Å². The Labute approximate surface area is 110 Å². The van der Waals surface area contributed by atoms with Crippen molar-refractivity contribution in [3.63, 3.8) is 0 Å². The van der Waals surface area contributed by atoms with Gasteiger partial charge in [-0.1, -0.05) is 42.5 Å². The summed E-state index contributed by atoms with van der Waals surface area (Å²) in [5, 5.41) is 14.2. The zero-order valence-corrected chi connectivity index (χ0v) is 10.4. The van der Waals surface area contributed by atoms with Crippen molar-refractivity contribution >= 4 is 0 Å². The average molecular weight is 252 g/mol. The number of methoxy groups -OCH3 is 1. The van der Waals surface area contributed by atoms with E-state index in [-0.39, 0.29) is 0 Å². The maximum absolute atomic E-state index is 5.41. The van der Waals surface area contributed by atoms with Crippen LogP contribution >= 0.6 is 0 Å². The summed E-state index contributed by atoms with van der Waals surface area (Å²) in [6.07, 6.45) is 0. The van der Waals surface area contributed by atoms with E-state index in [1.54, 1.807) is 7.11 Å². The molecule has 0 unspecified atom stereocenters. The lowest BCUT2D eigenvalue weighted by molar-refractivity contribution is 0.416. The third-order valence-corrected chi connectivity index (χ3v) is 2.91. The van der Waals surface area contributed by atoms with Gasteiger partial charge in [0.1, 0.15) is 5.75 Å². The molecule has 2 aromatic carbocycles. The van der Waals surface area contributed by atoms with Crippen molar-refractivity contribution in [2.45, 2.75) is 0 Å². The Bertz CT molecular complexity index is 679. The Balaban J connectivity index is 2.21. The second-order valence-electron chi connectivity index (χ2n) is 3.98. The number of rotatable bonds is 3. The van der Waals surface area contributed by atoms with Gasteiger partial charge < -0.3 is 4.74 Å². The van der Waals surface area contributed by atoms with Crippen molar-refractivity contribution < 1.29 is 4.74 Å². The third-order valence-electron chi connectivity index (χ3n) is 2.91. The summed E-state index contributed by atoms with van der Waals surface area (Å²) in [5.41, 5.74) is 2.94. The van der Waals surface area contributed by atoms with E-state index in [0.29, 0.717) is 5.82 Å². The quantitative estimate of drug-likeness (QED) is 0.778. The monoisotopic (exact) mass is 252 g/mol. The Hall–Kier alpha value is -2.69. The van der Waals surface area contributed by atoms with Gasteiger partial charge >= 0.3 is 0 Å². The summed E-state index contributed by atoms with van der Waals surface area (Å²) in [4.78, 5) is 0. The number of tetrazole rings is 1. The van der Waals surface area contributed by atoms with Gasteiger partial charge in [0.15, 0.2) is 0 Å². The maximum Gasteiger partial charge on any atom is 0.205 e. The number of nitrogens with zero attached hydrogens (tertiary/aromatic N) is 3. The highest BCUT2D eigenvalue weighted by molar-refractivity contribution is 5.83. The molecule has 1 N–H and O–H groups in total. The lowest BCUT2D eigenvalue weighted by Gasteiger charge is -2.10. The predicted molar refractivity (Wildman–Crippen MR) is 71.6 cm³/mol. The van der Waals surface area contributed by atoms with Crippen LogP contribution in [-0.2, 0) is 0 Å². The summed E-state index contributed by atoms with van der Waals surface area (Å²) in [6, 6.07) is 15.8. The molecule has 0 aliphatic heterocycles. The number of aromatic nitrogens is 4. The van der Waals surface area contributed by atoms with Gasteiger partial charge in [0.25, 0.3) is 0 Å². The minimum absolute atomic E-state index is 0.571. The second kappa shape index (κ2) is 4.89. The summed E-state index contributed by atoms with van der Waals surface area (Å²) in [6.45, 7) is 0. The van der Waals surface area contributed by atoms with Crippen molar-refractivity contribution in [3.05, 3.63) is 48.5 Å². The fourth-order valence-corrected chi connectivity index (χ4v) is 2.06. The van der Waals surface area contributed by atoms with E-state index >= 15 is 0 Å². The number of hydrogen-bond acceptors (Lipinski definition) is 4. The Morgan fingerprint density at radius 3 is 2.26 bits per heavy atom. The number of nitrogens with one attached hydrogen (secondary N) is 1. The molecule has 0 amide bonds. The number of H-pyrrole nitrogens is 1. The van der Waals surface area contributed by atoms with Gasteiger partial charge in [-0.05, 0) is 16.8 Å². The number of aromatic amines is 1. The van der Waals surface area contributed by atoms with Gasteiger partial charge in [-0.3, -0.25) is 0 Å². The van der Waals surface area contributed by atoms with E-state index in [0.717, 1.165) is 22.4 Å². The molecule has 0 saturated carbocycles. The van der Waals surface area contributed by atoms with Gasteiger partial charge in [0.2, 0.25) is 5.82 Å². The van der Waals surface area contributed by atoms with Crippen molar-refractivity contribution in [1.82, 2.24) is 20.6 Å². The molecule has 1 heterocycles. The summed E-state index contributed by atoms with van der Waals surface area (Å²) in [7, 11) is 1.66. The van der Waals surface area contributed by atoms with Crippen LogP contribution in [0, 0.1) is 0 Å². The lowest BCUT2D eigenvalue weighted by Crippen LogP contribution is -1.91. The van der Waals surface area contributed by atoms with Gasteiger partial charge in [-0.25, -0.2) is 0 Å². The van der Waals surface area contributed by atoms with Crippen LogP contribution in [0.25, 0.3) is 22.5 Å². The molecular weight excluding hydrogens is 240 g/mol. The number of hydrogen-bond donors (Lipinski definition) is 1. The van der Waals surface area contributed by atoms with Crippen LogP contribution in [0.5, 0.6) is 5.75 Å². The summed E-state index contributed by atoms with van der Waals surface area (Å²) < 4.78 is 5.41. The Kier molecular flexibility index (Phi) is 2.94. The predicted octanol–water partition coefficient (Wildman–Crippen LogP) is 2.54. The summed E-state index contributed by atoms with van der Waals surface area (Å²) in [5.74, 6) is 1.39. The molecule has 0 bridgehead atoms. The molecule has 0 saturated heterocycles. The maximum atomic E-state index is 5.41. The minimum atomic E-state index is 0.571. The standard InChI is InChI=1S/C14H12N4O/c1-19-13-9-5-4-7-11(13)10-6-2-3-8-12(10)14-15-17-18-16-14/h2-9H,1H3,(H,15,16,17,18). The molecule has 19 heavy (non-hydrogen) atoms. The molecule has 0 fully saturated rings. The van der Waals surface area contributed by atoms with E-state index < -0.39 is 0 Å². The fraction of sp³-hybridized carbons (Fsp3) is 0.0714. The molecule has 0 aliphatic carbocycles. The van der Waals surface area contributed by atoms with E-state index in [2.05, 4.69) is 20.6 Å². The minimum Gasteiger partial charge on any atom is -0.496 e. The first-order valence-corrected chi connectivity index (χ1v) is 5.86. The van der Waals surface area contributed by atoms with Crippen molar-refractivity contribution in [3.8, 4) is 28.3 Å². The van der Waals surface area contributed by atoms with Crippen molar-refractivity contribution in [2.24, 2.45) is 0 Å². The fourth-order valence-electron chi connectivity index (χ4n) is 2.06. The average Bonchev–Trinajstić information content (AvgIpc) is 3.01. The normalized spacial score (nSPS) is 10.4. The highest BCUT2D eigenvalue weighted by atomic mass is 16.5. The Morgan fingerprint density at radius 2 is 1.58 bits per heavy atom. The first-order valence-electron chi connectivity index (χ1n) is 5.86. The zero-order chi connectivity index (χ0) is 13.1. The van der Waals surface area contributed by atoms with E-state index in [4.69, 9.17) is 4.74 Å². The molecule has 3 rings (SSSR count). The smallest absolute Gasteiger partial charge is 0.205 e. The van der Waals surface area contributed by atoms with Crippen LogP contribution < -0.4 is 4.74 Å². The van der Waals surface area contributed by atoms with Crippen LogP contribution in [0.1, 0.15) is 0 Å². The van der Waals surface area contributed by atoms with Gasteiger partial charge in [0, 0.05) is 11.1 Å². The SMILES string of the molecule is COc1ccccc1-c1ccccc1-c1nn[nH]n1. The first-order chi connectivity index (χ1) is 9.40. The molecule has 0 radical (unpaired) electrons. The molecule has 1 aromatic heterocycles. The summed E-state index contributed by atoms with van der Waals surface area (Å²) >= 11 is 0. The zero-order valence-electron chi connectivity index (χ0n) is 10.4.